The largest absolute Gasteiger partial charge is 0.468 e. The van der Waals surface area contributed by atoms with Crippen molar-refractivity contribution in [3.63, 3.8) is 0 Å². The lowest BCUT2D eigenvalue weighted by Gasteiger charge is -2.08. The molecule has 15 heavy (non-hydrogen) atoms. The number of ether oxygens (including phenoxy) is 1. The predicted octanol–water partition coefficient (Wildman–Crippen LogP) is 1.47. The van der Waals surface area contributed by atoms with E-state index in [1.54, 1.807) is 24.3 Å². The Morgan fingerprint density at radius 1 is 1.33 bits per heavy atom. The van der Waals surface area contributed by atoms with Gasteiger partial charge in [0.05, 0.1) is 7.11 Å². The zero-order valence-electron chi connectivity index (χ0n) is 8.74. The van der Waals surface area contributed by atoms with Crippen LogP contribution in [0, 0.1) is 0 Å². The number of esters is 1. The van der Waals surface area contributed by atoms with Gasteiger partial charge in [-0.1, -0.05) is 12.1 Å². The summed E-state index contributed by atoms with van der Waals surface area (Å²) in [5.41, 5.74) is 1.22. The molecule has 4 nitrogen and oxygen atoms in total. The number of Topliss-reactive ketones (excluding diaryl/α,β-unsaturated/α-hetero) is 1. The van der Waals surface area contributed by atoms with Crippen LogP contribution in [0.4, 0.5) is 5.69 Å². The Morgan fingerprint density at radius 3 is 2.60 bits per heavy atom. The Kier molecular flexibility index (Phi) is 3.85. The minimum atomic E-state index is -0.367. The van der Waals surface area contributed by atoms with Crippen LogP contribution in [0.15, 0.2) is 24.3 Å². The fourth-order valence-corrected chi connectivity index (χ4v) is 1.18. The molecule has 0 aromatic heterocycles. The van der Waals surface area contributed by atoms with Crippen molar-refractivity contribution in [2.24, 2.45) is 0 Å². The summed E-state index contributed by atoms with van der Waals surface area (Å²) in [5.74, 6) is -0.406. The molecule has 0 fully saturated rings. The third kappa shape index (κ3) is 3.09. The van der Waals surface area contributed by atoms with Crippen molar-refractivity contribution < 1.29 is 14.3 Å². The summed E-state index contributed by atoms with van der Waals surface area (Å²) < 4.78 is 4.49. The Morgan fingerprint density at radius 2 is 2.00 bits per heavy atom. The number of methoxy groups -OCH3 is 1. The van der Waals surface area contributed by atoms with Crippen LogP contribution >= 0.6 is 0 Å². The number of hydrogen-bond acceptors (Lipinski definition) is 4. The van der Waals surface area contributed by atoms with Crippen LogP contribution in [0.1, 0.15) is 17.3 Å². The van der Waals surface area contributed by atoms with E-state index in [9.17, 15) is 9.59 Å². The van der Waals surface area contributed by atoms with Gasteiger partial charge in [-0.3, -0.25) is 9.59 Å². The van der Waals surface area contributed by atoms with Crippen molar-refractivity contribution in [2.75, 3.05) is 19.0 Å². The second-order valence-electron chi connectivity index (χ2n) is 3.03. The zero-order valence-corrected chi connectivity index (χ0v) is 8.74. The molecular weight excluding hydrogens is 194 g/mol. The molecule has 0 bridgehead atoms. The summed E-state index contributed by atoms with van der Waals surface area (Å²) in [5, 5.41) is 2.85. The van der Waals surface area contributed by atoms with Gasteiger partial charge < -0.3 is 10.1 Å². The molecule has 1 aromatic rings. The molecule has 0 aliphatic heterocycles. The van der Waals surface area contributed by atoms with Gasteiger partial charge in [0.2, 0.25) is 0 Å². The molecule has 0 spiro atoms. The van der Waals surface area contributed by atoms with E-state index < -0.39 is 0 Å². The van der Waals surface area contributed by atoms with Gasteiger partial charge in [-0.15, -0.1) is 0 Å². The van der Waals surface area contributed by atoms with E-state index in [0.29, 0.717) is 11.3 Å². The fourth-order valence-electron chi connectivity index (χ4n) is 1.18. The molecule has 0 radical (unpaired) electrons. The number of hydrogen-bond donors (Lipinski definition) is 1. The van der Waals surface area contributed by atoms with Crippen molar-refractivity contribution >= 4 is 17.4 Å². The monoisotopic (exact) mass is 207 g/mol. The molecule has 1 aromatic carbocycles. The lowest BCUT2D eigenvalue weighted by molar-refractivity contribution is -0.138. The Labute approximate surface area is 88.2 Å². The van der Waals surface area contributed by atoms with E-state index in [-0.39, 0.29) is 18.3 Å². The maximum absolute atomic E-state index is 11.2. The van der Waals surface area contributed by atoms with Crippen molar-refractivity contribution in [2.45, 2.75) is 6.92 Å². The standard InChI is InChI=1S/C11H13NO3/c1-8(13)9-5-3-4-6-10(9)12-7-11(14)15-2/h3-6,12H,7H2,1-2H3. The number of anilines is 1. The predicted molar refractivity (Wildman–Crippen MR) is 57.0 cm³/mol. The van der Waals surface area contributed by atoms with Gasteiger partial charge in [0.15, 0.2) is 5.78 Å². The molecule has 0 aliphatic rings. The van der Waals surface area contributed by atoms with Crippen LogP contribution in [0.2, 0.25) is 0 Å². The van der Waals surface area contributed by atoms with Crippen molar-refractivity contribution in [1.29, 1.82) is 0 Å². The number of ketones is 1. The van der Waals surface area contributed by atoms with Crippen molar-refractivity contribution in [3.8, 4) is 0 Å². The molecule has 80 valence electrons. The lowest BCUT2D eigenvalue weighted by atomic mass is 10.1. The number of carbonyl (C=O) groups excluding carboxylic acids is 2. The van der Waals surface area contributed by atoms with E-state index in [2.05, 4.69) is 10.1 Å². The van der Waals surface area contributed by atoms with Crippen LogP contribution in [-0.2, 0) is 9.53 Å². The average molecular weight is 207 g/mol. The summed E-state index contributed by atoms with van der Waals surface area (Å²) in [4.78, 5) is 22.1. The maximum atomic E-state index is 11.2. The molecule has 0 atom stereocenters. The van der Waals surface area contributed by atoms with Gasteiger partial charge in [0, 0.05) is 11.3 Å². The molecule has 0 aliphatic carbocycles. The Hall–Kier alpha value is -1.84. The minimum Gasteiger partial charge on any atom is -0.468 e. The average Bonchev–Trinajstić information content (AvgIpc) is 2.26. The lowest BCUT2D eigenvalue weighted by Crippen LogP contribution is -2.16. The number of para-hydroxylation sites is 1. The van der Waals surface area contributed by atoms with Gasteiger partial charge in [0.1, 0.15) is 6.54 Å². The summed E-state index contributed by atoms with van der Waals surface area (Å²) in [6.45, 7) is 1.54. The SMILES string of the molecule is COC(=O)CNc1ccccc1C(C)=O. The van der Waals surface area contributed by atoms with Crippen LogP contribution in [0.3, 0.4) is 0 Å². The fraction of sp³-hybridized carbons (Fsp3) is 0.273. The highest BCUT2D eigenvalue weighted by Crippen LogP contribution is 2.14. The van der Waals surface area contributed by atoms with Crippen molar-refractivity contribution in [3.05, 3.63) is 29.8 Å². The van der Waals surface area contributed by atoms with Crippen molar-refractivity contribution in [1.82, 2.24) is 0 Å². The second kappa shape index (κ2) is 5.14. The van der Waals surface area contributed by atoms with Crippen LogP contribution in [-0.4, -0.2) is 25.4 Å². The molecular formula is C11H13NO3. The van der Waals surface area contributed by atoms with E-state index in [4.69, 9.17) is 0 Å². The first kappa shape index (κ1) is 11.2. The van der Waals surface area contributed by atoms with Gasteiger partial charge >= 0.3 is 5.97 Å². The van der Waals surface area contributed by atoms with Gasteiger partial charge in [-0.05, 0) is 19.1 Å². The quantitative estimate of drug-likeness (QED) is 0.600. The van der Waals surface area contributed by atoms with Gasteiger partial charge in [-0.2, -0.15) is 0 Å². The molecule has 0 amide bonds. The minimum absolute atomic E-state index is 0.0389. The highest BCUT2D eigenvalue weighted by molar-refractivity contribution is 5.99. The van der Waals surface area contributed by atoms with E-state index in [0.717, 1.165) is 0 Å². The topological polar surface area (TPSA) is 55.4 Å². The normalized spacial score (nSPS) is 9.47. The summed E-state index contributed by atoms with van der Waals surface area (Å²) in [6, 6.07) is 7.04. The first-order chi connectivity index (χ1) is 7.15. The molecule has 1 N–H and O–H groups in total. The van der Waals surface area contributed by atoms with E-state index in [1.807, 2.05) is 0 Å². The number of nitrogens with one attached hydrogen (secondary N) is 1. The van der Waals surface area contributed by atoms with E-state index in [1.165, 1.54) is 14.0 Å². The molecule has 4 heteroatoms. The smallest absolute Gasteiger partial charge is 0.325 e. The molecule has 1 rings (SSSR count). The van der Waals surface area contributed by atoms with E-state index >= 15 is 0 Å². The Bertz CT molecular complexity index is 374. The van der Waals surface area contributed by atoms with Crippen LogP contribution < -0.4 is 5.32 Å². The Balaban J connectivity index is 2.76. The highest BCUT2D eigenvalue weighted by atomic mass is 16.5. The van der Waals surface area contributed by atoms with Crippen LogP contribution in [0.5, 0.6) is 0 Å². The summed E-state index contributed by atoms with van der Waals surface area (Å²) in [7, 11) is 1.32. The molecule has 0 saturated heterocycles. The third-order valence-electron chi connectivity index (χ3n) is 1.96. The number of rotatable bonds is 4. The third-order valence-corrected chi connectivity index (χ3v) is 1.96. The van der Waals surface area contributed by atoms with Gasteiger partial charge in [-0.25, -0.2) is 0 Å². The molecule has 0 saturated carbocycles. The molecule has 0 heterocycles. The number of benzene rings is 1. The summed E-state index contributed by atoms with van der Waals surface area (Å²) in [6.07, 6.45) is 0. The zero-order chi connectivity index (χ0) is 11.3. The maximum Gasteiger partial charge on any atom is 0.325 e. The van der Waals surface area contributed by atoms with Crippen LogP contribution in [0.25, 0.3) is 0 Å². The van der Waals surface area contributed by atoms with Gasteiger partial charge in [0.25, 0.3) is 0 Å². The first-order valence-electron chi connectivity index (χ1n) is 4.56. The number of carbonyl (C=O) groups is 2. The molecule has 0 unspecified atom stereocenters. The second-order valence-corrected chi connectivity index (χ2v) is 3.03. The summed E-state index contributed by atoms with van der Waals surface area (Å²) >= 11 is 0. The first-order valence-corrected chi connectivity index (χ1v) is 4.56. The highest BCUT2D eigenvalue weighted by Gasteiger charge is 2.07.